The lowest BCUT2D eigenvalue weighted by molar-refractivity contribution is -0.139. The second-order valence-electron chi connectivity index (χ2n) is 6.99. The molecule has 0 unspecified atom stereocenters. The Balaban J connectivity index is 1.92. The summed E-state index contributed by atoms with van der Waals surface area (Å²) in [5, 5.41) is 1.92. The van der Waals surface area contributed by atoms with E-state index in [9.17, 15) is 9.59 Å². The number of thiophene rings is 1. The second kappa shape index (κ2) is 9.91. The molecular formula is C24H19BrN2O4S2. The van der Waals surface area contributed by atoms with Gasteiger partial charge in [-0.3, -0.25) is 9.36 Å². The average molecular weight is 543 g/mol. The summed E-state index contributed by atoms with van der Waals surface area (Å²) < 4.78 is 13.8. The predicted molar refractivity (Wildman–Crippen MR) is 133 cm³/mol. The van der Waals surface area contributed by atoms with Gasteiger partial charge in [0, 0.05) is 14.9 Å². The highest BCUT2D eigenvalue weighted by molar-refractivity contribution is 9.10. The number of aromatic nitrogens is 1. The number of thiazole rings is 1. The topological polar surface area (TPSA) is 69.9 Å². The minimum Gasteiger partial charge on any atom is -0.480 e. The lowest BCUT2D eigenvalue weighted by Crippen LogP contribution is -2.39. The summed E-state index contributed by atoms with van der Waals surface area (Å²) in [6, 6.07) is 8.70. The lowest BCUT2D eigenvalue weighted by atomic mass is 10.0. The van der Waals surface area contributed by atoms with Gasteiger partial charge in [0.25, 0.3) is 5.56 Å². The fourth-order valence-corrected chi connectivity index (χ4v) is 5.77. The maximum Gasteiger partial charge on any atom is 0.338 e. The molecule has 1 aliphatic rings. The van der Waals surface area contributed by atoms with Gasteiger partial charge in [0.15, 0.2) is 4.80 Å². The van der Waals surface area contributed by atoms with Crippen LogP contribution in [-0.4, -0.2) is 23.8 Å². The van der Waals surface area contributed by atoms with Crippen LogP contribution in [0.1, 0.15) is 30.3 Å². The maximum atomic E-state index is 13.6. The van der Waals surface area contributed by atoms with Crippen LogP contribution in [0.3, 0.4) is 0 Å². The molecule has 6 nitrogen and oxygen atoms in total. The number of nitrogens with zero attached hydrogens (tertiary/aromatic N) is 2. The molecule has 0 N–H and O–H groups in total. The van der Waals surface area contributed by atoms with Crippen LogP contribution in [0, 0.1) is 12.3 Å². The SMILES string of the molecule is C#CCOc1ccc(Br)cc1C=c1sc2n(c1=O)[C@H](c1cccs1)C(C(=O)OCC)=C(C)N=2. The first kappa shape index (κ1) is 23.2. The molecular weight excluding hydrogens is 524 g/mol. The zero-order chi connectivity index (χ0) is 23.5. The molecule has 1 atom stereocenters. The molecule has 4 rings (SSSR count). The molecule has 0 radical (unpaired) electrons. The van der Waals surface area contributed by atoms with Crippen molar-refractivity contribution < 1.29 is 14.3 Å². The monoisotopic (exact) mass is 542 g/mol. The summed E-state index contributed by atoms with van der Waals surface area (Å²) in [4.78, 5) is 32.4. The number of benzene rings is 1. The largest absolute Gasteiger partial charge is 0.480 e. The quantitative estimate of drug-likeness (QED) is 0.352. The van der Waals surface area contributed by atoms with Gasteiger partial charge in [0.05, 0.1) is 22.4 Å². The van der Waals surface area contributed by atoms with E-state index in [1.165, 1.54) is 22.7 Å². The van der Waals surface area contributed by atoms with Crippen LogP contribution in [0.15, 0.2) is 61.2 Å². The molecule has 168 valence electrons. The van der Waals surface area contributed by atoms with Crippen LogP contribution in [0.5, 0.6) is 5.75 Å². The predicted octanol–water partition coefficient (Wildman–Crippen LogP) is 3.63. The van der Waals surface area contributed by atoms with Gasteiger partial charge in [-0.2, -0.15) is 0 Å². The molecule has 0 bridgehead atoms. The van der Waals surface area contributed by atoms with Crippen LogP contribution in [-0.2, 0) is 9.53 Å². The zero-order valence-electron chi connectivity index (χ0n) is 17.8. The van der Waals surface area contributed by atoms with Crippen molar-refractivity contribution in [2.24, 2.45) is 4.99 Å². The Bertz CT molecular complexity index is 1460. The van der Waals surface area contributed by atoms with Crippen molar-refractivity contribution >= 4 is 50.6 Å². The van der Waals surface area contributed by atoms with Gasteiger partial charge in [-0.15, -0.1) is 17.8 Å². The van der Waals surface area contributed by atoms with E-state index in [2.05, 4.69) is 26.8 Å². The molecule has 9 heteroatoms. The molecule has 0 aliphatic carbocycles. The van der Waals surface area contributed by atoms with Gasteiger partial charge in [0.1, 0.15) is 18.4 Å². The van der Waals surface area contributed by atoms with Gasteiger partial charge in [0.2, 0.25) is 0 Å². The van der Waals surface area contributed by atoms with Crippen LogP contribution in [0.4, 0.5) is 0 Å². The number of carbonyl (C=O) groups excluding carboxylic acids is 1. The van der Waals surface area contributed by atoms with Crippen LogP contribution >= 0.6 is 38.6 Å². The van der Waals surface area contributed by atoms with Gasteiger partial charge < -0.3 is 9.47 Å². The van der Waals surface area contributed by atoms with E-state index in [4.69, 9.17) is 15.9 Å². The Labute approximate surface area is 206 Å². The molecule has 1 aliphatic heterocycles. The van der Waals surface area contributed by atoms with E-state index in [0.717, 1.165) is 9.35 Å². The van der Waals surface area contributed by atoms with Crippen LogP contribution < -0.4 is 19.6 Å². The summed E-state index contributed by atoms with van der Waals surface area (Å²) in [6.45, 7) is 3.87. The Morgan fingerprint density at radius 3 is 2.91 bits per heavy atom. The smallest absolute Gasteiger partial charge is 0.338 e. The normalized spacial score (nSPS) is 15.6. The Morgan fingerprint density at radius 2 is 2.21 bits per heavy atom. The van der Waals surface area contributed by atoms with E-state index in [1.54, 1.807) is 30.6 Å². The van der Waals surface area contributed by atoms with Gasteiger partial charge in [-0.05, 0) is 49.6 Å². The highest BCUT2D eigenvalue weighted by Crippen LogP contribution is 2.33. The Morgan fingerprint density at radius 1 is 1.39 bits per heavy atom. The van der Waals surface area contributed by atoms with Crippen molar-refractivity contribution in [1.29, 1.82) is 0 Å². The molecule has 2 aromatic heterocycles. The fourth-order valence-electron chi connectivity index (χ4n) is 3.53. The summed E-state index contributed by atoms with van der Waals surface area (Å²) in [6.07, 6.45) is 7.09. The molecule has 0 spiro atoms. The number of carbonyl (C=O) groups is 1. The molecule has 0 saturated carbocycles. The number of fused-ring (bicyclic) bond motifs is 1. The van der Waals surface area contributed by atoms with Crippen molar-refractivity contribution in [1.82, 2.24) is 4.57 Å². The standard InChI is InChI=1S/C24H19BrN2O4S2/c1-4-10-31-17-9-8-16(25)12-15(17)13-19-22(28)27-21(18-7-6-11-32-18)20(23(29)30-5-2)14(3)26-24(27)33-19/h1,6-9,11-13,21H,5,10H2,2-3H3/t21-/m1/s1. The summed E-state index contributed by atoms with van der Waals surface area (Å²) in [7, 11) is 0. The summed E-state index contributed by atoms with van der Waals surface area (Å²) >= 11 is 6.20. The minimum atomic E-state index is -0.595. The van der Waals surface area contributed by atoms with Crippen molar-refractivity contribution in [2.45, 2.75) is 19.9 Å². The van der Waals surface area contributed by atoms with Gasteiger partial charge in [-0.1, -0.05) is 39.3 Å². The van der Waals surface area contributed by atoms with Gasteiger partial charge in [-0.25, -0.2) is 9.79 Å². The first-order valence-corrected chi connectivity index (χ1v) is 12.5. The summed E-state index contributed by atoms with van der Waals surface area (Å²) in [5.41, 5.74) is 1.38. The van der Waals surface area contributed by atoms with Crippen molar-refractivity contribution in [3.8, 4) is 18.1 Å². The number of allylic oxidation sites excluding steroid dienone is 1. The third-order valence-electron chi connectivity index (χ3n) is 4.90. The molecule has 0 amide bonds. The molecule has 33 heavy (non-hydrogen) atoms. The van der Waals surface area contributed by atoms with E-state index < -0.39 is 12.0 Å². The van der Waals surface area contributed by atoms with Crippen molar-refractivity contribution in [2.75, 3.05) is 13.2 Å². The van der Waals surface area contributed by atoms with Crippen LogP contribution in [0.2, 0.25) is 0 Å². The van der Waals surface area contributed by atoms with E-state index >= 15 is 0 Å². The third kappa shape index (κ3) is 4.60. The maximum absolute atomic E-state index is 13.6. The lowest BCUT2D eigenvalue weighted by Gasteiger charge is -2.23. The molecule has 0 saturated heterocycles. The Hall–Kier alpha value is -2.93. The van der Waals surface area contributed by atoms with Crippen molar-refractivity contribution in [3.63, 3.8) is 0 Å². The number of hydrogen-bond donors (Lipinski definition) is 0. The third-order valence-corrected chi connectivity index (χ3v) is 7.30. The average Bonchev–Trinajstić information content (AvgIpc) is 3.41. The van der Waals surface area contributed by atoms with Crippen LogP contribution in [0.25, 0.3) is 6.08 Å². The number of halogens is 1. The molecule has 3 heterocycles. The highest BCUT2D eigenvalue weighted by atomic mass is 79.9. The van der Waals surface area contributed by atoms with Gasteiger partial charge >= 0.3 is 5.97 Å². The zero-order valence-corrected chi connectivity index (χ0v) is 21.1. The van der Waals surface area contributed by atoms with E-state index in [0.29, 0.717) is 31.9 Å². The highest BCUT2D eigenvalue weighted by Gasteiger charge is 2.33. The number of terminal acetylenes is 1. The fraction of sp³-hybridized carbons (Fsp3) is 0.208. The summed E-state index contributed by atoms with van der Waals surface area (Å²) in [5.74, 6) is 2.55. The number of rotatable bonds is 6. The second-order valence-corrected chi connectivity index (χ2v) is 9.90. The van der Waals surface area contributed by atoms with E-state index in [1.807, 2.05) is 29.6 Å². The van der Waals surface area contributed by atoms with Crippen molar-refractivity contribution in [3.05, 3.63) is 81.6 Å². The number of esters is 1. The molecule has 3 aromatic rings. The number of hydrogen-bond acceptors (Lipinski definition) is 7. The minimum absolute atomic E-state index is 0.115. The first-order valence-electron chi connectivity index (χ1n) is 10.0. The first-order chi connectivity index (χ1) is 15.9. The molecule has 1 aromatic carbocycles. The number of ether oxygens (including phenoxy) is 2. The van der Waals surface area contributed by atoms with E-state index in [-0.39, 0.29) is 18.8 Å². The Kier molecular flexibility index (Phi) is 6.98. The molecule has 0 fully saturated rings.